The highest BCUT2D eigenvalue weighted by Crippen LogP contribution is 2.06. The molecule has 2 amide bonds. The number of nitrogens with one attached hydrogen (secondary N) is 2. The Bertz CT molecular complexity index is 652. The Labute approximate surface area is 151 Å². The molecule has 2 aromatic rings. The third kappa shape index (κ3) is 7.42. The Kier molecular flexibility index (Phi) is 7.74. The molecule has 0 bridgehead atoms. The quantitative estimate of drug-likeness (QED) is 0.676. The molecule has 0 spiro atoms. The van der Waals surface area contributed by atoms with Gasteiger partial charge < -0.3 is 10.6 Å². The highest BCUT2D eigenvalue weighted by Gasteiger charge is 2.04. The van der Waals surface area contributed by atoms with E-state index in [1.165, 1.54) is 24.3 Å². The summed E-state index contributed by atoms with van der Waals surface area (Å²) >= 11 is 0. The highest BCUT2D eigenvalue weighted by molar-refractivity contribution is 5.77. The van der Waals surface area contributed by atoms with Crippen LogP contribution in [0.2, 0.25) is 0 Å². The van der Waals surface area contributed by atoms with E-state index in [1.54, 1.807) is 24.3 Å². The molecule has 0 aliphatic rings. The Balaban J connectivity index is 1.54. The molecule has 0 atom stereocenters. The van der Waals surface area contributed by atoms with Gasteiger partial charge in [-0.2, -0.15) is 0 Å². The molecule has 6 heteroatoms. The van der Waals surface area contributed by atoms with Crippen LogP contribution in [-0.2, 0) is 22.4 Å². The first kappa shape index (κ1) is 19.6. The number of carbonyl (C=O) groups excluding carboxylic acids is 2. The van der Waals surface area contributed by atoms with Gasteiger partial charge in [-0.25, -0.2) is 8.78 Å². The summed E-state index contributed by atoms with van der Waals surface area (Å²) in [6.45, 7) is 0.703. The molecule has 0 heterocycles. The van der Waals surface area contributed by atoms with Gasteiger partial charge in [0, 0.05) is 25.9 Å². The maximum absolute atomic E-state index is 12.8. The summed E-state index contributed by atoms with van der Waals surface area (Å²) in [6, 6.07) is 12.1. The van der Waals surface area contributed by atoms with Crippen molar-refractivity contribution < 1.29 is 18.4 Å². The monoisotopic (exact) mass is 360 g/mol. The number of benzene rings is 2. The minimum absolute atomic E-state index is 0.116. The van der Waals surface area contributed by atoms with E-state index in [0.717, 1.165) is 11.1 Å². The summed E-state index contributed by atoms with van der Waals surface area (Å²) in [4.78, 5) is 23.5. The molecule has 0 saturated heterocycles. The summed E-state index contributed by atoms with van der Waals surface area (Å²) in [5.74, 6) is -0.827. The second-order valence-electron chi connectivity index (χ2n) is 5.95. The number of hydrogen-bond acceptors (Lipinski definition) is 2. The molecule has 2 rings (SSSR count). The number of rotatable bonds is 9. The Hall–Kier alpha value is -2.76. The van der Waals surface area contributed by atoms with Crippen molar-refractivity contribution in [1.29, 1.82) is 0 Å². The van der Waals surface area contributed by atoms with E-state index in [-0.39, 0.29) is 23.4 Å². The van der Waals surface area contributed by atoms with Gasteiger partial charge in [-0.05, 0) is 48.2 Å². The Morgan fingerprint density at radius 2 is 1.00 bits per heavy atom. The van der Waals surface area contributed by atoms with Gasteiger partial charge in [0.05, 0.1) is 0 Å². The minimum atomic E-state index is -0.298. The maximum Gasteiger partial charge on any atom is 0.220 e. The third-order valence-corrected chi connectivity index (χ3v) is 3.88. The van der Waals surface area contributed by atoms with Crippen LogP contribution in [0.1, 0.15) is 24.0 Å². The topological polar surface area (TPSA) is 58.2 Å². The molecule has 0 aliphatic carbocycles. The van der Waals surface area contributed by atoms with Crippen LogP contribution in [0.5, 0.6) is 0 Å². The molecule has 0 aromatic heterocycles. The van der Waals surface area contributed by atoms with Gasteiger partial charge in [0.25, 0.3) is 0 Å². The average molecular weight is 360 g/mol. The lowest BCUT2D eigenvalue weighted by Crippen LogP contribution is -2.34. The lowest BCUT2D eigenvalue weighted by molar-refractivity contribution is -0.122. The van der Waals surface area contributed by atoms with Gasteiger partial charge in [-0.15, -0.1) is 0 Å². The highest BCUT2D eigenvalue weighted by atomic mass is 19.1. The van der Waals surface area contributed by atoms with Gasteiger partial charge in [0.2, 0.25) is 11.8 Å². The fourth-order valence-corrected chi connectivity index (χ4v) is 2.40. The van der Waals surface area contributed by atoms with Crippen LogP contribution in [0.15, 0.2) is 48.5 Å². The normalized spacial score (nSPS) is 10.4. The van der Waals surface area contributed by atoms with E-state index in [4.69, 9.17) is 0 Å². The number of hydrogen-bond donors (Lipinski definition) is 2. The van der Waals surface area contributed by atoms with E-state index in [0.29, 0.717) is 38.8 Å². The van der Waals surface area contributed by atoms with Crippen LogP contribution >= 0.6 is 0 Å². The standard InChI is InChI=1S/C20H22F2N2O2/c21-17-7-1-15(2-8-17)5-11-19(25)23-13-14-24-20(26)12-6-16-3-9-18(22)10-4-16/h1-4,7-10H,5-6,11-14H2,(H,23,25)(H,24,26). The first-order chi connectivity index (χ1) is 12.5. The smallest absolute Gasteiger partial charge is 0.220 e. The first-order valence-electron chi connectivity index (χ1n) is 8.55. The van der Waals surface area contributed by atoms with Crippen molar-refractivity contribution in [2.75, 3.05) is 13.1 Å². The molecule has 0 fully saturated rings. The predicted octanol–water partition coefficient (Wildman–Crippen LogP) is 2.76. The summed E-state index contributed by atoms with van der Waals surface area (Å²) < 4.78 is 25.6. The Morgan fingerprint density at radius 1 is 0.654 bits per heavy atom. The molecular weight excluding hydrogens is 338 g/mol. The van der Waals surface area contributed by atoms with Crippen molar-refractivity contribution in [2.24, 2.45) is 0 Å². The van der Waals surface area contributed by atoms with E-state index >= 15 is 0 Å². The summed E-state index contributed by atoms with van der Waals surface area (Å²) in [5, 5.41) is 5.46. The van der Waals surface area contributed by atoms with Gasteiger partial charge in [0.1, 0.15) is 11.6 Å². The zero-order valence-corrected chi connectivity index (χ0v) is 14.4. The van der Waals surface area contributed by atoms with Crippen molar-refractivity contribution in [3.05, 3.63) is 71.3 Å². The zero-order chi connectivity index (χ0) is 18.8. The van der Waals surface area contributed by atoms with Crippen molar-refractivity contribution in [2.45, 2.75) is 25.7 Å². The van der Waals surface area contributed by atoms with Crippen molar-refractivity contribution in [3.8, 4) is 0 Å². The van der Waals surface area contributed by atoms with Crippen LogP contribution in [0.25, 0.3) is 0 Å². The van der Waals surface area contributed by atoms with Gasteiger partial charge in [-0.3, -0.25) is 9.59 Å². The molecule has 26 heavy (non-hydrogen) atoms. The molecule has 0 saturated carbocycles. The van der Waals surface area contributed by atoms with E-state index in [2.05, 4.69) is 10.6 Å². The summed E-state index contributed by atoms with van der Waals surface area (Å²) in [5.41, 5.74) is 1.80. The van der Waals surface area contributed by atoms with Crippen LogP contribution in [0.3, 0.4) is 0 Å². The molecule has 2 aromatic carbocycles. The second-order valence-corrected chi connectivity index (χ2v) is 5.95. The number of halogens is 2. The van der Waals surface area contributed by atoms with Crippen LogP contribution in [-0.4, -0.2) is 24.9 Å². The molecule has 0 unspecified atom stereocenters. The fraction of sp³-hybridized carbons (Fsp3) is 0.300. The molecule has 2 N–H and O–H groups in total. The lowest BCUT2D eigenvalue weighted by Gasteiger charge is -2.07. The first-order valence-corrected chi connectivity index (χ1v) is 8.55. The van der Waals surface area contributed by atoms with Crippen LogP contribution < -0.4 is 10.6 Å². The zero-order valence-electron chi connectivity index (χ0n) is 14.4. The van der Waals surface area contributed by atoms with Crippen molar-refractivity contribution in [1.82, 2.24) is 10.6 Å². The predicted molar refractivity (Wildman–Crippen MR) is 95.5 cm³/mol. The number of carbonyl (C=O) groups is 2. The lowest BCUT2D eigenvalue weighted by atomic mass is 10.1. The SMILES string of the molecule is O=C(CCc1ccc(F)cc1)NCCNC(=O)CCc1ccc(F)cc1. The molecule has 0 aliphatic heterocycles. The fourth-order valence-electron chi connectivity index (χ4n) is 2.40. The molecule has 138 valence electrons. The van der Waals surface area contributed by atoms with Crippen molar-refractivity contribution in [3.63, 3.8) is 0 Å². The summed E-state index contributed by atoms with van der Waals surface area (Å²) in [6.07, 6.45) is 1.70. The van der Waals surface area contributed by atoms with Gasteiger partial charge >= 0.3 is 0 Å². The summed E-state index contributed by atoms with van der Waals surface area (Å²) in [7, 11) is 0. The number of amides is 2. The number of aryl methyl sites for hydroxylation is 2. The van der Waals surface area contributed by atoms with Gasteiger partial charge in [-0.1, -0.05) is 24.3 Å². The molecular formula is C20H22F2N2O2. The average Bonchev–Trinajstić information content (AvgIpc) is 2.64. The maximum atomic E-state index is 12.8. The molecule has 4 nitrogen and oxygen atoms in total. The van der Waals surface area contributed by atoms with Gasteiger partial charge in [0.15, 0.2) is 0 Å². The van der Waals surface area contributed by atoms with Crippen LogP contribution in [0.4, 0.5) is 8.78 Å². The van der Waals surface area contributed by atoms with E-state index in [1.807, 2.05) is 0 Å². The molecule has 0 radical (unpaired) electrons. The van der Waals surface area contributed by atoms with E-state index < -0.39 is 0 Å². The van der Waals surface area contributed by atoms with Crippen LogP contribution in [0, 0.1) is 11.6 Å². The third-order valence-electron chi connectivity index (χ3n) is 3.88. The van der Waals surface area contributed by atoms with Crippen molar-refractivity contribution >= 4 is 11.8 Å². The Morgan fingerprint density at radius 3 is 1.35 bits per heavy atom. The largest absolute Gasteiger partial charge is 0.354 e. The van der Waals surface area contributed by atoms with E-state index in [9.17, 15) is 18.4 Å². The second kappa shape index (κ2) is 10.3. The minimum Gasteiger partial charge on any atom is -0.354 e.